The van der Waals surface area contributed by atoms with Crippen molar-refractivity contribution in [3.05, 3.63) is 90.7 Å². The first kappa shape index (κ1) is 24.0. The van der Waals surface area contributed by atoms with Crippen molar-refractivity contribution in [2.45, 2.75) is 24.8 Å². The number of carbonyl (C=O) groups is 1. The predicted molar refractivity (Wildman–Crippen MR) is 139 cm³/mol. The maximum absolute atomic E-state index is 12.7. The monoisotopic (exact) mass is 482 g/mol. The molecule has 1 amide bonds. The summed E-state index contributed by atoms with van der Waals surface area (Å²) >= 11 is 1.77. The number of hydrogen-bond donors (Lipinski definition) is 1. The highest BCUT2D eigenvalue weighted by atomic mass is 32.2. The van der Waals surface area contributed by atoms with E-state index in [4.69, 9.17) is 5.10 Å². The van der Waals surface area contributed by atoms with E-state index in [2.05, 4.69) is 35.4 Å². The Bertz CT molecular complexity index is 1320. The standard InChI is InChI=1S/C27H26N6OS/c1-2-35-25-11-9-21(10-12-25)26-23(19-33(31-26)24-7-4-3-5-8-24)17-22(18-28)27(34)30-13-6-15-32-16-14-29-20-32/h3-5,7-12,14,16-17,19-20H,2,6,13,15H2,1H3,(H,30,34). The minimum Gasteiger partial charge on any atom is -0.351 e. The van der Waals surface area contributed by atoms with E-state index in [-0.39, 0.29) is 5.57 Å². The van der Waals surface area contributed by atoms with E-state index in [1.54, 1.807) is 35.0 Å². The summed E-state index contributed by atoms with van der Waals surface area (Å²) in [6.07, 6.45) is 9.53. The van der Waals surface area contributed by atoms with Gasteiger partial charge in [0.15, 0.2) is 0 Å². The van der Waals surface area contributed by atoms with Crippen molar-refractivity contribution in [3.63, 3.8) is 0 Å². The number of amides is 1. The number of benzene rings is 2. The highest BCUT2D eigenvalue weighted by Gasteiger charge is 2.15. The van der Waals surface area contributed by atoms with Gasteiger partial charge in [-0.05, 0) is 42.5 Å². The van der Waals surface area contributed by atoms with Crippen LogP contribution in [0.3, 0.4) is 0 Å². The highest BCUT2D eigenvalue weighted by Crippen LogP contribution is 2.28. The number of carbonyl (C=O) groups excluding carboxylic acids is 1. The Labute approximate surface area is 209 Å². The SMILES string of the molecule is CCSc1ccc(-c2nn(-c3ccccc3)cc2C=C(C#N)C(=O)NCCCn2ccnc2)cc1. The number of nitrogens with one attached hydrogen (secondary N) is 1. The van der Waals surface area contributed by atoms with Crippen molar-refractivity contribution in [2.24, 2.45) is 0 Å². The fourth-order valence-corrected chi connectivity index (χ4v) is 4.25. The zero-order valence-corrected chi connectivity index (χ0v) is 20.3. The van der Waals surface area contributed by atoms with Crippen molar-refractivity contribution in [3.8, 4) is 23.0 Å². The summed E-state index contributed by atoms with van der Waals surface area (Å²) in [5.41, 5.74) is 3.27. The van der Waals surface area contributed by atoms with Gasteiger partial charge in [-0.2, -0.15) is 10.4 Å². The van der Waals surface area contributed by atoms with E-state index in [0.717, 1.165) is 30.0 Å². The zero-order chi connectivity index (χ0) is 24.5. The third-order valence-electron chi connectivity index (χ3n) is 5.30. The maximum Gasteiger partial charge on any atom is 0.261 e. The minimum atomic E-state index is -0.397. The van der Waals surface area contributed by atoms with Crippen LogP contribution in [0.4, 0.5) is 0 Å². The smallest absolute Gasteiger partial charge is 0.261 e. The molecule has 0 radical (unpaired) electrons. The van der Waals surface area contributed by atoms with Gasteiger partial charge in [-0.3, -0.25) is 4.79 Å². The molecule has 0 saturated carbocycles. The molecule has 0 atom stereocenters. The van der Waals surface area contributed by atoms with Crippen LogP contribution in [0.25, 0.3) is 23.0 Å². The molecule has 4 rings (SSSR count). The van der Waals surface area contributed by atoms with Crippen molar-refractivity contribution < 1.29 is 4.79 Å². The number of imidazole rings is 1. The lowest BCUT2D eigenvalue weighted by atomic mass is 10.1. The molecule has 0 aliphatic rings. The van der Waals surface area contributed by atoms with Gasteiger partial charge < -0.3 is 9.88 Å². The van der Waals surface area contributed by atoms with Gasteiger partial charge in [-0.15, -0.1) is 11.8 Å². The second-order valence-corrected chi connectivity index (χ2v) is 9.09. The summed E-state index contributed by atoms with van der Waals surface area (Å²) in [5.74, 6) is 0.602. The number of thioether (sulfide) groups is 1. The molecule has 1 N–H and O–H groups in total. The largest absolute Gasteiger partial charge is 0.351 e. The summed E-state index contributed by atoms with van der Waals surface area (Å²) in [6, 6.07) is 20.0. The Morgan fingerprint density at radius 2 is 1.97 bits per heavy atom. The van der Waals surface area contributed by atoms with E-state index in [0.29, 0.717) is 17.8 Å². The van der Waals surface area contributed by atoms with Crippen LogP contribution in [0.15, 0.2) is 90.0 Å². The lowest BCUT2D eigenvalue weighted by Crippen LogP contribution is -2.26. The molecule has 2 aromatic carbocycles. The van der Waals surface area contributed by atoms with Gasteiger partial charge >= 0.3 is 0 Å². The number of aryl methyl sites for hydroxylation is 1. The maximum atomic E-state index is 12.7. The fourth-order valence-electron chi connectivity index (χ4n) is 3.59. The number of para-hydroxylation sites is 1. The fraction of sp³-hybridized carbons (Fsp3) is 0.185. The van der Waals surface area contributed by atoms with Crippen molar-refractivity contribution >= 4 is 23.7 Å². The quantitative estimate of drug-likeness (QED) is 0.149. The summed E-state index contributed by atoms with van der Waals surface area (Å²) in [6.45, 7) is 3.32. The van der Waals surface area contributed by atoms with Crippen LogP contribution < -0.4 is 5.32 Å². The van der Waals surface area contributed by atoms with Crippen LogP contribution >= 0.6 is 11.8 Å². The van der Waals surface area contributed by atoms with E-state index in [9.17, 15) is 10.1 Å². The van der Waals surface area contributed by atoms with Crippen molar-refractivity contribution in [1.29, 1.82) is 5.26 Å². The Morgan fingerprint density at radius 1 is 1.17 bits per heavy atom. The average Bonchev–Trinajstić information content (AvgIpc) is 3.56. The van der Waals surface area contributed by atoms with Gasteiger partial charge in [0.2, 0.25) is 0 Å². The number of rotatable bonds is 10. The zero-order valence-electron chi connectivity index (χ0n) is 19.5. The molecular formula is C27H26N6OS. The molecule has 7 nitrogen and oxygen atoms in total. The Balaban J connectivity index is 1.58. The van der Waals surface area contributed by atoms with Crippen LogP contribution in [0.5, 0.6) is 0 Å². The molecule has 0 bridgehead atoms. The first-order chi connectivity index (χ1) is 17.2. The van der Waals surface area contributed by atoms with Crippen molar-refractivity contribution in [2.75, 3.05) is 12.3 Å². The lowest BCUT2D eigenvalue weighted by Gasteiger charge is -2.05. The third kappa shape index (κ3) is 6.28. The summed E-state index contributed by atoms with van der Waals surface area (Å²) < 4.78 is 3.72. The summed E-state index contributed by atoms with van der Waals surface area (Å²) in [7, 11) is 0. The van der Waals surface area contributed by atoms with Gasteiger partial charge in [-0.1, -0.05) is 37.3 Å². The first-order valence-electron chi connectivity index (χ1n) is 11.4. The Hall–Kier alpha value is -4.09. The van der Waals surface area contributed by atoms with Gasteiger partial charge in [-0.25, -0.2) is 9.67 Å². The second-order valence-electron chi connectivity index (χ2n) is 7.75. The van der Waals surface area contributed by atoms with Crippen LogP contribution in [0.1, 0.15) is 18.9 Å². The van der Waals surface area contributed by atoms with Crippen LogP contribution in [-0.2, 0) is 11.3 Å². The summed E-state index contributed by atoms with van der Waals surface area (Å²) in [5, 5.41) is 17.4. The highest BCUT2D eigenvalue weighted by molar-refractivity contribution is 7.99. The van der Waals surface area contributed by atoms with E-state index >= 15 is 0 Å². The molecule has 0 saturated heterocycles. The molecule has 4 aromatic rings. The predicted octanol–water partition coefficient (Wildman–Crippen LogP) is 4.96. The van der Waals surface area contributed by atoms with Crippen LogP contribution in [0.2, 0.25) is 0 Å². The molecule has 35 heavy (non-hydrogen) atoms. The van der Waals surface area contributed by atoms with Gasteiger partial charge in [0.1, 0.15) is 11.6 Å². The molecule has 2 heterocycles. The minimum absolute atomic E-state index is 0.0413. The van der Waals surface area contributed by atoms with Crippen LogP contribution in [0, 0.1) is 11.3 Å². The van der Waals surface area contributed by atoms with Gasteiger partial charge in [0.25, 0.3) is 5.91 Å². The first-order valence-corrected chi connectivity index (χ1v) is 12.4. The molecule has 8 heteroatoms. The molecule has 0 fully saturated rings. The molecular weight excluding hydrogens is 456 g/mol. The lowest BCUT2D eigenvalue weighted by molar-refractivity contribution is -0.117. The molecule has 0 spiro atoms. The number of nitriles is 1. The Kier molecular flexibility index (Phi) is 8.15. The van der Waals surface area contributed by atoms with E-state index in [1.807, 2.05) is 59.4 Å². The van der Waals surface area contributed by atoms with E-state index in [1.165, 1.54) is 4.90 Å². The molecule has 0 unspecified atom stereocenters. The summed E-state index contributed by atoms with van der Waals surface area (Å²) in [4.78, 5) is 17.9. The average molecular weight is 483 g/mol. The van der Waals surface area contributed by atoms with Crippen LogP contribution in [-0.4, -0.2) is 37.5 Å². The number of nitrogens with zero attached hydrogens (tertiary/aromatic N) is 5. The normalized spacial score (nSPS) is 11.3. The van der Waals surface area contributed by atoms with Gasteiger partial charge in [0.05, 0.1) is 17.7 Å². The second kappa shape index (κ2) is 11.9. The molecule has 0 aliphatic heterocycles. The molecule has 0 aliphatic carbocycles. The molecule has 176 valence electrons. The molecule has 2 aromatic heterocycles. The van der Waals surface area contributed by atoms with Crippen molar-refractivity contribution in [1.82, 2.24) is 24.6 Å². The Morgan fingerprint density at radius 3 is 2.66 bits per heavy atom. The number of aromatic nitrogens is 4. The van der Waals surface area contributed by atoms with Gasteiger partial charge in [0, 0.05) is 47.7 Å². The topological polar surface area (TPSA) is 88.5 Å². The third-order valence-corrected chi connectivity index (χ3v) is 6.20. The number of hydrogen-bond acceptors (Lipinski definition) is 5. The van der Waals surface area contributed by atoms with E-state index < -0.39 is 5.91 Å².